The van der Waals surface area contributed by atoms with Gasteiger partial charge >= 0.3 is 12.1 Å². The van der Waals surface area contributed by atoms with Crippen LogP contribution in [0.5, 0.6) is 0 Å². The normalized spacial score (nSPS) is 20.2. The zero-order chi connectivity index (χ0) is 19.2. The van der Waals surface area contributed by atoms with E-state index in [1.165, 1.54) is 16.7 Å². The largest absolute Gasteiger partial charge is 0.480 e. The first-order valence-corrected chi connectivity index (χ1v) is 9.90. The summed E-state index contributed by atoms with van der Waals surface area (Å²) < 4.78 is 5.65. The number of hydrogen-bond donors (Lipinski definition) is 1. The zero-order valence-electron chi connectivity index (χ0n) is 15.2. The quantitative estimate of drug-likeness (QED) is 0.861. The predicted molar refractivity (Wildman–Crippen MR) is 105 cm³/mol. The second-order valence-electron chi connectivity index (χ2n) is 7.29. The number of carboxylic acid groups (broad SMARTS) is 1. The van der Waals surface area contributed by atoms with E-state index in [1.807, 2.05) is 38.1 Å². The van der Waals surface area contributed by atoms with Gasteiger partial charge in [-0.15, -0.1) is 11.8 Å². The molecule has 1 N–H and O–H groups in total. The number of carbonyl (C=O) groups excluding carboxylic acids is 1. The van der Waals surface area contributed by atoms with Crippen LogP contribution in [-0.4, -0.2) is 45.3 Å². The number of amides is 1. The van der Waals surface area contributed by atoms with Crippen LogP contribution in [-0.2, 0) is 9.53 Å². The third-order valence-corrected chi connectivity index (χ3v) is 6.69. The molecule has 1 saturated heterocycles. The standard InChI is InChI=1S/C21H21NO4S/c1-21(2)22(18(12-27-21)19(23)24)20(25)26-11-17-15-9-5-3-7-13(15)14-8-4-6-10-16(14)17/h3-10,17-18H,11-12H2,1-2H3,(H,23,24). The Morgan fingerprint density at radius 1 is 1.11 bits per heavy atom. The Balaban J connectivity index is 1.57. The van der Waals surface area contributed by atoms with Gasteiger partial charge < -0.3 is 9.84 Å². The maximum absolute atomic E-state index is 12.8. The van der Waals surface area contributed by atoms with Crippen LogP contribution < -0.4 is 0 Å². The molecule has 0 spiro atoms. The van der Waals surface area contributed by atoms with Gasteiger partial charge in [-0.3, -0.25) is 4.90 Å². The molecule has 1 fully saturated rings. The number of nitrogens with zero attached hydrogens (tertiary/aromatic N) is 1. The van der Waals surface area contributed by atoms with Gasteiger partial charge in [-0.25, -0.2) is 9.59 Å². The molecule has 0 bridgehead atoms. The molecule has 27 heavy (non-hydrogen) atoms. The van der Waals surface area contributed by atoms with Crippen LogP contribution in [0.1, 0.15) is 30.9 Å². The Labute approximate surface area is 162 Å². The molecule has 2 aliphatic rings. The Hall–Kier alpha value is -2.47. The molecule has 0 radical (unpaired) electrons. The molecule has 1 unspecified atom stereocenters. The van der Waals surface area contributed by atoms with Crippen molar-refractivity contribution in [1.29, 1.82) is 0 Å². The summed E-state index contributed by atoms with van der Waals surface area (Å²) in [6.45, 7) is 3.89. The van der Waals surface area contributed by atoms with E-state index >= 15 is 0 Å². The average Bonchev–Trinajstić information content (AvgIpc) is 3.14. The molecule has 2 aromatic carbocycles. The Morgan fingerprint density at radius 2 is 1.67 bits per heavy atom. The molecule has 1 atom stereocenters. The number of hydrogen-bond acceptors (Lipinski definition) is 4. The van der Waals surface area contributed by atoms with Gasteiger partial charge in [-0.05, 0) is 36.1 Å². The van der Waals surface area contributed by atoms with Gasteiger partial charge in [0.15, 0.2) is 0 Å². The lowest BCUT2D eigenvalue weighted by Gasteiger charge is -2.32. The van der Waals surface area contributed by atoms with Crippen molar-refractivity contribution in [3.05, 3.63) is 59.7 Å². The van der Waals surface area contributed by atoms with Crippen molar-refractivity contribution in [1.82, 2.24) is 4.90 Å². The van der Waals surface area contributed by atoms with Gasteiger partial charge in [0.1, 0.15) is 12.6 Å². The van der Waals surface area contributed by atoms with Gasteiger partial charge in [0, 0.05) is 11.7 Å². The highest BCUT2D eigenvalue weighted by molar-refractivity contribution is 8.00. The molecule has 1 aliphatic carbocycles. The number of rotatable bonds is 3. The fraction of sp³-hybridized carbons (Fsp3) is 0.333. The number of fused-ring (bicyclic) bond motifs is 3. The molecule has 1 amide bonds. The van der Waals surface area contributed by atoms with Crippen molar-refractivity contribution in [2.45, 2.75) is 30.7 Å². The molecule has 4 rings (SSSR count). The van der Waals surface area contributed by atoms with Crippen molar-refractivity contribution in [3.8, 4) is 11.1 Å². The highest BCUT2D eigenvalue weighted by Gasteiger charge is 2.48. The van der Waals surface area contributed by atoms with E-state index in [1.54, 1.807) is 0 Å². The van der Waals surface area contributed by atoms with Crippen LogP contribution in [0.15, 0.2) is 48.5 Å². The summed E-state index contributed by atoms with van der Waals surface area (Å²) in [6.07, 6.45) is -0.570. The van der Waals surface area contributed by atoms with E-state index < -0.39 is 23.0 Å². The maximum atomic E-state index is 12.8. The topological polar surface area (TPSA) is 66.8 Å². The monoisotopic (exact) mass is 383 g/mol. The van der Waals surface area contributed by atoms with Crippen LogP contribution in [0.2, 0.25) is 0 Å². The first kappa shape index (κ1) is 17.9. The summed E-state index contributed by atoms with van der Waals surface area (Å²) in [5.41, 5.74) is 4.59. The molecule has 6 heteroatoms. The number of carboxylic acids is 1. The van der Waals surface area contributed by atoms with Crippen LogP contribution in [0.4, 0.5) is 4.79 Å². The third-order valence-electron chi connectivity index (χ3n) is 5.30. The molecule has 140 valence electrons. The first-order valence-electron chi connectivity index (χ1n) is 8.91. The minimum atomic E-state index is -0.999. The zero-order valence-corrected chi connectivity index (χ0v) is 16.0. The van der Waals surface area contributed by atoms with Crippen molar-refractivity contribution in [2.24, 2.45) is 0 Å². The minimum Gasteiger partial charge on any atom is -0.480 e. The highest BCUT2D eigenvalue weighted by atomic mass is 32.2. The lowest BCUT2D eigenvalue weighted by molar-refractivity contribution is -0.142. The van der Waals surface area contributed by atoms with Gasteiger partial charge in [0.05, 0.1) is 4.87 Å². The summed E-state index contributed by atoms with van der Waals surface area (Å²) in [7, 11) is 0. The molecule has 1 heterocycles. The van der Waals surface area contributed by atoms with E-state index in [2.05, 4.69) is 24.3 Å². The SMILES string of the molecule is CC1(C)SCC(C(=O)O)N1C(=O)OCC1c2ccccc2-c2ccccc21. The summed E-state index contributed by atoms with van der Waals surface area (Å²) in [5.74, 6) is -0.670. The van der Waals surface area contributed by atoms with Crippen molar-refractivity contribution >= 4 is 23.8 Å². The number of ether oxygens (including phenoxy) is 1. The summed E-state index contributed by atoms with van der Waals surface area (Å²) >= 11 is 1.45. The molecule has 5 nitrogen and oxygen atoms in total. The minimum absolute atomic E-state index is 0.0389. The second-order valence-corrected chi connectivity index (χ2v) is 8.91. The fourth-order valence-corrected chi connectivity index (χ4v) is 5.19. The van der Waals surface area contributed by atoms with Crippen molar-refractivity contribution in [2.75, 3.05) is 12.4 Å². The maximum Gasteiger partial charge on any atom is 0.411 e. The fourth-order valence-electron chi connectivity index (χ4n) is 3.99. The number of carbonyl (C=O) groups is 2. The average molecular weight is 383 g/mol. The summed E-state index contributed by atoms with van der Waals surface area (Å²) in [6, 6.07) is 15.4. The van der Waals surface area contributed by atoms with E-state index in [9.17, 15) is 14.7 Å². The highest BCUT2D eigenvalue weighted by Crippen LogP contribution is 2.45. The van der Waals surface area contributed by atoms with E-state index in [-0.39, 0.29) is 12.5 Å². The lowest BCUT2D eigenvalue weighted by atomic mass is 9.98. The van der Waals surface area contributed by atoms with Crippen molar-refractivity contribution in [3.63, 3.8) is 0 Å². The molecular weight excluding hydrogens is 362 g/mol. The van der Waals surface area contributed by atoms with E-state index in [0.717, 1.165) is 22.3 Å². The Kier molecular flexibility index (Phi) is 4.38. The first-order chi connectivity index (χ1) is 12.9. The van der Waals surface area contributed by atoms with Gasteiger partial charge in [0.25, 0.3) is 0 Å². The van der Waals surface area contributed by atoms with Gasteiger partial charge in [-0.1, -0.05) is 48.5 Å². The predicted octanol–water partition coefficient (Wildman–Crippen LogP) is 4.17. The van der Waals surface area contributed by atoms with Gasteiger partial charge in [0.2, 0.25) is 0 Å². The number of aliphatic carboxylic acids is 1. The van der Waals surface area contributed by atoms with Crippen LogP contribution in [0, 0.1) is 0 Å². The Bertz CT molecular complexity index is 865. The van der Waals surface area contributed by atoms with Crippen LogP contribution in [0.3, 0.4) is 0 Å². The molecule has 2 aromatic rings. The third kappa shape index (κ3) is 2.98. The van der Waals surface area contributed by atoms with Crippen molar-refractivity contribution < 1.29 is 19.4 Å². The van der Waals surface area contributed by atoms with E-state index in [4.69, 9.17) is 4.74 Å². The number of benzene rings is 2. The smallest absolute Gasteiger partial charge is 0.411 e. The van der Waals surface area contributed by atoms with Crippen LogP contribution in [0.25, 0.3) is 11.1 Å². The molecule has 0 aromatic heterocycles. The second kappa shape index (κ2) is 6.60. The van der Waals surface area contributed by atoms with E-state index in [0.29, 0.717) is 5.75 Å². The summed E-state index contributed by atoms with van der Waals surface area (Å²) in [4.78, 5) is 25.1. The molecule has 1 aliphatic heterocycles. The van der Waals surface area contributed by atoms with Gasteiger partial charge in [-0.2, -0.15) is 0 Å². The molecule has 0 saturated carbocycles. The number of thioether (sulfide) groups is 1. The lowest BCUT2D eigenvalue weighted by Crippen LogP contribution is -2.50. The van der Waals surface area contributed by atoms with Crippen LogP contribution >= 0.6 is 11.8 Å². The summed E-state index contributed by atoms with van der Waals surface area (Å²) in [5, 5.41) is 9.44. The Morgan fingerprint density at radius 3 is 2.22 bits per heavy atom. The molecular formula is C21H21NO4S.